The Morgan fingerprint density at radius 1 is 1.39 bits per heavy atom. The Morgan fingerprint density at radius 2 is 2.11 bits per heavy atom. The zero-order chi connectivity index (χ0) is 13.0. The molecule has 0 aliphatic rings. The van der Waals surface area contributed by atoms with Gasteiger partial charge in [-0.1, -0.05) is 35.4 Å². The van der Waals surface area contributed by atoms with Crippen molar-refractivity contribution in [2.75, 3.05) is 0 Å². The number of halogens is 1. The highest BCUT2D eigenvalue weighted by molar-refractivity contribution is 9.10. The summed E-state index contributed by atoms with van der Waals surface area (Å²) in [6.07, 6.45) is -0.903. The first-order chi connectivity index (χ1) is 8.72. The van der Waals surface area contributed by atoms with Gasteiger partial charge in [0.15, 0.2) is 0 Å². The molecule has 1 heterocycles. The fourth-order valence-electron chi connectivity index (χ4n) is 1.54. The van der Waals surface area contributed by atoms with E-state index in [4.69, 9.17) is 5.53 Å². The number of nitrogens with zero attached hydrogens (tertiary/aromatic N) is 4. The molecule has 7 heteroatoms. The van der Waals surface area contributed by atoms with E-state index >= 15 is 0 Å². The number of thiazole rings is 1. The second-order valence-corrected chi connectivity index (χ2v) is 5.22. The van der Waals surface area contributed by atoms with Crippen molar-refractivity contribution in [3.63, 3.8) is 0 Å². The van der Waals surface area contributed by atoms with E-state index in [0.717, 1.165) is 0 Å². The van der Waals surface area contributed by atoms with Gasteiger partial charge >= 0.3 is 0 Å². The summed E-state index contributed by atoms with van der Waals surface area (Å²) in [6, 6.07) is 8.36. The molecule has 1 N–H and O–H groups in total. The molecule has 2 aromatic rings. The van der Waals surface area contributed by atoms with Crippen LogP contribution in [0.4, 0.5) is 0 Å². The Kier molecular flexibility index (Phi) is 4.33. The smallest absolute Gasteiger partial charge is 0.119 e. The van der Waals surface area contributed by atoms with Crippen LogP contribution >= 0.6 is 27.3 Å². The van der Waals surface area contributed by atoms with Crippen LogP contribution in [0.3, 0.4) is 0 Å². The summed E-state index contributed by atoms with van der Waals surface area (Å²) >= 11 is 4.58. The number of rotatable bonds is 4. The Bertz CT molecular complexity index is 567. The van der Waals surface area contributed by atoms with Gasteiger partial charge in [-0.3, -0.25) is 0 Å². The first-order valence-corrected chi connectivity index (χ1v) is 6.78. The molecule has 0 radical (unpaired) electrons. The standard InChI is InChI=1S/C11H9BrN4OS/c12-8-6-18-11(14-8)9(15-16-13)10(17)7-4-2-1-3-5-7/h1-6,9-10,17H/t9-,10-/m0/s1. The van der Waals surface area contributed by atoms with Gasteiger partial charge in [-0.15, -0.1) is 11.3 Å². The molecule has 0 saturated carbocycles. The molecule has 0 saturated heterocycles. The Hall–Kier alpha value is -1.40. The van der Waals surface area contributed by atoms with E-state index in [1.165, 1.54) is 11.3 Å². The number of aromatic nitrogens is 1. The summed E-state index contributed by atoms with van der Waals surface area (Å²) < 4.78 is 0.668. The topological polar surface area (TPSA) is 81.9 Å². The lowest BCUT2D eigenvalue weighted by molar-refractivity contribution is 0.147. The third-order valence-electron chi connectivity index (χ3n) is 2.36. The van der Waals surface area contributed by atoms with Gasteiger partial charge in [-0.2, -0.15) is 0 Å². The minimum atomic E-state index is -0.903. The third-order valence-corrected chi connectivity index (χ3v) is 3.99. The minimum absolute atomic E-state index is 0.580. The Labute approximate surface area is 116 Å². The normalized spacial score (nSPS) is 13.7. The number of aliphatic hydroxyl groups is 1. The molecule has 0 spiro atoms. The van der Waals surface area contributed by atoms with Crippen LogP contribution in [0, 0.1) is 0 Å². The van der Waals surface area contributed by atoms with Crippen LogP contribution in [0.1, 0.15) is 22.7 Å². The van der Waals surface area contributed by atoms with Crippen molar-refractivity contribution in [1.29, 1.82) is 0 Å². The zero-order valence-corrected chi connectivity index (χ0v) is 11.5. The molecular weight excluding hydrogens is 316 g/mol. The lowest BCUT2D eigenvalue weighted by atomic mass is 10.0. The third kappa shape index (κ3) is 2.88. The average molecular weight is 325 g/mol. The first-order valence-electron chi connectivity index (χ1n) is 5.10. The molecule has 2 atom stereocenters. The summed E-state index contributed by atoms with van der Waals surface area (Å²) in [5.74, 6) is 0. The second kappa shape index (κ2) is 5.97. The highest BCUT2D eigenvalue weighted by Gasteiger charge is 2.24. The van der Waals surface area contributed by atoms with E-state index < -0.39 is 12.1 Å². The van der Waals surface area contributed by atoms with Gasteiger partial charge in [-0.05, 0) is 27.0 Å². The molecule has 1 aromatic carbocycles. The molecule has 0 aliphatic heterocycles. The Morgan fingerprint density at radius 3 is 2.67 bits per heavy atom. The number of azide groups is 1. The van der Waals surface area contributed by atoms with Crippen LogP contribution in [-0.4, -0.2) is 10.1 Å². The van der Waals surface area contributed by atoms with Crippen LogP contribution in [0.5, 0.6) is 0 Å². The van der Waals surface area contributed by atoms with Crippen molar-refractivity contribution in [2.45, 2.75) is 12.1 Å². The van der Waals surface area contributed by atoms with Crippen LogP contribution in [-0.2, 0) is 0 Å². The van der Waals surface area contributed by atoms with Crippen molar-refractivity contribution in [3.05, 3.63) is 61.3 Å². The highest BCUT2D eigenvalue weighted by Crippen LogP contribution is 2.34. The van der Waals surface area contributed by atoms with Crippen molar-refractivity contribution >= 4 is 27.3 Å². The average Bonchev–Trinajstić information content (AvgIpc) is 2.82. The summed E-state index contributed by atoms with van der Waals surface area (Å²) in [4.78, 5) is 6.97. The van der Waals surface area contributed by atoms with Gasteiger partial charge in [0.1, 0.15) is 15.7 Å². The number of benzene rings is 1. The molecule has 1 aromatic heterocycles. The van der Waals surface area contributed by atoms with Gasteiger partial charge in [0.25, 0.3) is 0 Å². The maximum absolute atomic E-state index is 10.3. The second-order valence-electron chi connectivity index (χ2n) is 3.51. The maximum Gasteiger partial charge on any atom is 0.119 e. The predicted octanol–water partition coefficient (Wildman–Crippen LogP) is 3.99. The minimum Gasteiger partial charge on any atom is -0.388 e. The zero-order valence-electron chi connectivity index (χ0n) is 9.14. The van der Waals surface area contributed by atoms with Gasteiger partial charge in [0.2, 0.25) is 0 Å². The monoisotopic (exact) mass is 324 g/mol. The molecular formula is C11H9BrN4OS. The number of hydrogen-bond donors (Lipinski definition) is 1. The SMILES string of the molecule is [N-]=[N+]=N[C@H](c1nc(Br)cs1)[C@@H](O)c1ccccc1. The van der Waals surface area contributed by atoms with Crippen molar-refractivity contribution in [3.8, 4) is 0 Å². The molecule has 0 amide bonds. The fraction of sp³-hybridized carbons (Fsp3) is 0.182. The quantitative estimate of drug-likeness (QED) is 0.524. The van der Waals surface area contributed by atoms with Crippen LogP contribution < -0.4 is 0 Å². The molecule has 0 bridgehead atoms. The van der Waals surface area contributed by atoms with E-state index in [2.05, 4.69) is 30.9 Å². The van der Waals surface area contributed by atoms with Crippen molar-refractivity contribution < 1.29 is 5.11 Å². The summed E-state index contributed by atoms with van der Waals surface area (Å²) in [6.45, 7) is 0. The summed E-state index contributed by atoms with van der Waals surface area (Å²) in [7, 11) is 0. The molecule has 0 unspecified atom stereocenters. The maximum atomic E-state index is 10.3. The summed E-state index contributed by atoms with van der Waals surface area (Å²) in [5.41, 5.74) is 9.31. The van der Waals surface area contributed by atoms with Gasteiger partial charge in [0, 0.05) is 10.3 Å². The van der Waals surface area contributed by atoms with E-state index in [9.17, 15) is 5.11 Å². The lowest BCUT2D eigenvalue weighted by Gasteiger charge is -2.16. The van der Waals surface area contributed by atoms with E-state index in [1.54, 1.807) is 17.5 Å². The largest absolute Gasteiger partial charge is 0.388 e. The number of aliphatic hydroxyl groups excluding tert-OH is 1. The van der Waals surface area contributed by atoms with Crippen molar-refractivity contribution in [2.24, 2.45) is 5.11 Å². The molecule has 0 aliphatic carbocycles. The Balaban J connectivity index is 2.34. The fourth-order valence-corrected chi connectivity index (χ4v) is 2.86. The molecule has 18 heavy (non-hydrogen) atoms. The lowest BCUT2D eigenvalue weighted by Crippen LogP contribution is -2.08. The number of hydrogen-bond acceptors (Lipinski definition) is 4. The van der Waals surface area contributed by atoms with Crippen LogP contribution in [0.25, 0.3) is 10.4 Å². The predicted molar refractivity (Wildman–Crippen MR) is 73.1 cm³/mol. The first kappa shape index (κ1) is 13.0. The molecule has 2 rings (SSSR count). The van der Waals surface area contributed by atoms with E-state index in [1.807, 2.05) is 18.2 Å². The van der Waals surface area contributed by atoms with Crippen molar-refractivity contribution in [1.82, 2.24) is 4.98 Å². The molecule has 5 nitrogen and oxygen atoms in total. The van der Waals surface area contributed by atoms with E-state index in [-0.39, 0.29) is 0 Å². The van der Waals surface area contributed by atoms with E-state index in [0.29, 0.717) is 15.2 Å². The molecule has 0 fully saturated rings. The van der Waals surface area contributed by atoms with Gasteiger partial charge < -0.3 is 5.11 Å². The molecule has 92 valence electrons. The van der Waals surface area contributed by atoms with Gasteiger partial charge in [-0.25, -0.2) is 4.98 Å². The van der Waals surface area contributed by atoms with Crippen LogP contribution in [0.15, 0.2) is 45.4 Å². The highest BCUT2D eigenvalue weighted by atomic mass is 79.9. The van der Waals surface area contributed by atoms with Gasteiger partial charge in [0.05, 0.1) is 6.10 Å². The van der Waals surface area contributed by atoms with Crippen LogP contribution in [0.2, 0.25) is 0 Å². The summed E-state index contributed by atoms with van der Waals surface area (Å²) in [5, 5.41) is 16.3.